The molecule has 1 atom stereocenters. The molecule has 150 valence electrons. The monoisotopic (exact) mass is 484 g/mol. The van der Waals surface area contributed by atoms with Crippen LogP contribution in [0, 0.1) is 0 Å². The SMILES string of the molecule is CCNC(=NCC(=O)NC1CCCCC1)N1CCC(c2ccccc2)C1.I. The van der Waals surface area contributed by atoms with E-state index >= 15 is 0 Å². The van der Waals surface area contributed by atoms with Crippen molar-refractivity contribution in [2.24, 2.45) is 4.99 Å². The molecule has 0 spiro atoms. The Kier molecular flexibility index (Phi) is 9.38. The van der Waals surface area contributed by atoms with E-state index in [2.05, 4.69) is 57.8 Å². The molecule has 0 aromatic heterocycles. The summed E-state index contributed by atoms with van der Waals surface area (Å²) in [6, 6.07) is 11.0. The summed E-state index contributed by atoms with van der Waals surface area (Å²) >= 11 is 0. The first-order valence-corrected chi connectivity index (χ1v) is 10.1. The maximum atomic E-state index is 12.3. The molecule has 1 saturated heterocycles. The second-order valence-electron chi connectivity index (χ2n) is 7.41. The zero-order chi connectivity index (χ0) is 18.2. The lowest BCUT2D eigenvalue weighted by molar-refractivity contribution is -0.120. The van der Waals surface area contributed by atoms with E-state index in [-0.39, 0.29) is 36.4 Å². The molecule has 2 fully saturated rings. The molecular formula is C21H33IN4O. The van der Waals surface area contributed by atoms with Crippen molar-refractivity contribution in [2.75, 3.05) is 26.2 Å². The van der Waals surface area contributed by atoms with Crippen molar-refractivity contribution in [3.05, 3.63) is 35.9 Å². The second kappa shape index (κ2) is 11.5. The third-order valence-corrected chi connectivity index (χ3v) is 5.44. The van der Waals surface area contributed by atoms with Crippen LogP contribution >= 0.6 is 24.0 Å². The molecular weight excluding hydrogens is 451 g/mol. The number of amides is 1. The van der Waals surface area contributed by atoms with Gasteiger partial charge in [-0.25, -0.2) is 4.99 Å². The maximum Gasteiger partial charge on any atom is 0.242 e. The van der Waals surface area contributed by atoms with Crippen molar-refractivity contribution in [3.8, 4) is 0 Å². The molecule has 6 heteroatoms. The van der Waals surface area contributed by atoms with Gasteiger partial charge < -0.3 is 15.5 Å². The normalized spacial score (nSPS) is 20.9. The van der Waals surface area contributed by atoms with E-state index in [0.29, 0.717) is 12.0 Å². The van der Waals surface area contributed by atoms with Crippen LogP contribution in [0.2, 0.25) is 0 Å². The summed E-state index contributed by atoms with van der Waals surface area (Å²) in [7, 11) is 0. The topological polar surface area (TPSA) is 56.7 Å². The molecule has 0 bridgehead atoms. The average molecular weight is 484 g/mol. The standard InChI is InChI=1S/C21H32N4O.HI/c1-2-22-21(23-15-20(26)24-19-11-7-4-8-12-19)25-14-13-18(16-25)17-9-5-3-6-10-17;/h3,5-6,9-10,18-19H,2,4,7-8,11-16H2,1H3,(H,22,23)(H,24,26);1H. The number of guanidine groups is 1. The molecule has 1 amide bonds. The van der Waals surface area contributed by atoms with Crippen molar-refractivity contribution < 1.29 is 4.79 Å². The van der Waals surface area contributed by atoms with E-state index in [1.54, 1.807) is 0 Å². The fourth-order valence-electron chi connectivity index (χ4n) is 4.04. The van der Waals surface area contributed by atoms with Crippen LogP contribution in [0.15, 0.2) is 35.3 Å². The van der Waals surface area contributed by atoms with Crippen molar-refractivity contribution in [1.29, 1.82) is 0 Å². The highest BCUT2D eigenvalue weighted by Crippen LogP contribution is 2.26. The number of benzene rings is 1. The van der Waals surface area contributed by atoms with Gasteiger partial charge in [-0.05, 0) is 31.7 Å². The summed E-state index contributed by atoms with van der Waals surface area (Å²) in [5.74, 6) is 1.45. The van der Waals surface area contributed by atoms with Gasteiger partial charge in [-0.2, -0.15) is 0 Å². The Labute approximate surface area is 180 Å². The summed E-state index contributed by atoms with van der Waals surface area (Å²) < 4.78 is 0. The van der Waals surface area contributed by atoms with Gasteiger partial charge in [0.05, 0.1) is 0 Å². The van der Waals surface area contributed by atoms with E-state index in [0.717, 1.165) is 44.9 Å². The molecule has 27 heavy (non-hydrogen) atoms. The van der Waals surface area contributed by atoms with Crippen molar-refractivity contribution in [3.63, 3.8) is 0 Å². The Morgan fingerprint density at radius 1 is 1.15 bits per heavy atom. The first kappa shape index (κ1) is 22.0. The Morgan fingerprint density at radius 3 is 2.59 bits per heavy atom. The number of rotatable bonds is 5. The molecule has 2 aliphatic rings. The minimum absolute atomic E-state index is 0. The largest absolute Gasteiger partial charge is 0.357 e. The number of hydrogen-bond acceptors (Lipinski definition) is 2. The highest BCUT2D eigenvalue weighted by molar-refractivity contribution is 14.0. The predicted octanol–water partition coefficient (Wildman–Crippen LogP) is 3.51. The molecule has 2 N–H and O–H groups in total. The molecule has 1 aromatic carbocycles. The van der Waals surface area contributed by atoms with Gasteiger partial charge in [0.25, 0.3) is 0 Å². The zero-order valence-corrected chi connectivity index (χ0v) is 18.7. The van der Waals surface area contributed by atoms with Gasteiger partial charge in [0.2, 0.25) is 5.91 Å². The summed E-state index contributed by atoms with van der Waals surface area (Å²) in [5.41, 5.74) is 1.39. The number of nitrogens with zero attached hydrogens (tertiary/aromatic N) is 2. The van der Waals surface area contributed by atoms with Crippen LogP contribution < -0.4 is 10.6 Å². The molecule has 1 heterocycles. The third kappa shape index (κ3) is 6.66. The van der Waals surface area contributed by atoms with Crippen LogP contribution in [0.25, 0.3) is 0 Å². The van der Waals surface area contributed by atoms with Crippen LogP contribution in [0.4, 0.5) is 0 Å². The lowest BCUT2D eigenvalue weighted by atomic mass is 9.95. The molecule has 1 aliphatic heterocycles. The van der Waals surface area contributed by atoms with E-state index < -0.39 is 0 Å². The Morgan fingerprint density at radius 2 is 1.89 bits per heavy atom. The fourth-order valence-corrected chi connectivity index (χ4v) is 4.04. The average Bonchev–Trinajstić information content (AvgIpc) is 3.17. The molecule has 1 aromatic rings. The van der Waals surface area contributed by atoms with Gasteiger partial charge in [-0.15, -0.1) is 24.0 Å². The Balaban J connectivity index is 0.00000261. The van der Waals surface area contributed by atoms with Crippen LogP contribution in [-0.4, -0.2) is 49.0 Å². The quantitative estimate of drug-likeness (QED) is 0.382. The van der Waals surface area contributed by atoms with Gasteiger partial charge in [0, 0.05) is 31.6 Å². The van der Waals surface area contributed by atoms with E-state index in [1.807, 2.05) is 0 Å². The van der Waals surface area contributed by atoms with Gasteiger partial charge in [-0.1, -0.05) is 49.6 Å². The van der Waals surface area contributed by atoms with Crippen molar-refractivity contribution in [1.82, 2.24) is 15.5 Å². The number of hydrogen-bond donors (Lipinski definition) is 2. The first-order valence-electron chi connectivity index (χ1n) is 10.1. The molecule has 3 rings (SSSR count). The van der Waals surface area contributed by atoms with Crippen molar-refractivity contribution >= 4 is 35.8 Å². The summed E-state index contributed by atoms with van der Waals surface area (Å²) in [6.45, 7) is 5.04. The summed E-state index contributed by atoms with van der Waals surface area (Å²) in [6.07, 6.45) is 7.10. The summed E-state index contributed by atoms with van der Waals surface area (Å²) in [4.78, 5) is 19.2. The number of aliphatic imine (C=N–C) groups is 1. The number of nitrogens with one attached hydrogen (secondary N) is 2. The van der Waals surface area contributed by atoms with Crippen LogP contribution in [0.3, 0.4) is 0 Å². The van der Waals surface area contributed by atoms with E-state index in [1.165, 1.54) is 24.8 Å². The third-order valence-electron chi connectivity index (χ3n) is 5.44. The lowest BCUT2D eigenvalue weighted by Gasteiger charge is -2.23. The second-order valence-corrected chi connectivity index (χ2v) is 7.41. The van der Waals surface area contributed by atoms with E-state index in [9.17, 15) is 4.79 Å². The number of halogens is 1. The molecule has 0 radical (unpaired) electrons. The van der Waals surface area contributed by atoms with Gasteiger partial charge in [-0.3, -0.25) is 4.79 Å². The van der Waals surface area contributed by atoms with Gasteiger partial charge in [0.15, 0.2) is 5.96 Å². The Bertz CT molecular complexity index is 601. The van der Waals surface area contributed by atoms with Gasteiger partial charge >= 0.3 is 0 Å². The molecule has 1 unspecified atom stereocenters. The molecule has 5 nitrogen and oxygen atoms in total. The number of carbonyl (C=O) groups is 1. The van der Waals surface area contributed by atoms with Crippen LogP contribution in [0.1, 0.15) is 56.9 Å². The van der Waals surface area contributed by atoms with Gasteiger partial charge in [0.1, 0.15) is 6.54 Å². The molecule has 1 aliphatic carbocycles. The smallest absolute Gasteiger partial charge is 0.242 e. The number of likely N-dealkylation sites (tertiary alicyclic amines) is 1. The fraction of sp³-hybridized carbons (Fsp3) is 0.619. The first-order chi connectivity index (χ1) is 12.8. The minimum atomic E-state index is 0. The Hall–Kier alpha value is -1.31. The lowest BCUT2D eigenvalue weighted by Crippen LogP contribution is -2.42. The minimum Gasteiger partial charge on any atom is -0.357 e. The summed E-state index contributed by atoms with van der Waals surface area (Å²) in [5, 5.41) is 6.50. The van der Waals surface area contributed by atoms with Crippen molar-refractivity contribution in [2.45, 2.75) is 57.4 Å². The zero-order valence-electron chi connectivity index (χ0n) is 16.3. The highest BCUT2D eigenvalue weighted by Gasteiger charge is 2.26. The van der Waals surface area contributed by atoms with E-state index in [4.69, 9.17) is 0 Å². The van der Waals surface area contributed by atoms with Crippen LogP contribution in [-0.2, 0) is 4.79 Å². The number of carbonyl (C=O) groups excluding carboxylic acids is 1. The van der Waals surface area contributed by atoms with Crippen LogP contribution in [0.5, 0.6) is 0 Å². The molecule has 1 saturated carbocycles. The predicted molar refractivity (Wildman–Crippen MR) is 122 cm³/mol. The maximum absolute atomic E-state index is 12.3. The highest BCUT2D eigenvalue weighted by atomic mass is 127.